The van der Waals surface area contributed by atoms with Gasteiger partial charge in [-0.05, 0) is 42.5 Å². The molecule has 0 unspecified atom stereocenters. The smallest absolute Gasteiger partial charge is 0.416 e. The Morgan fingerprint density at radius 1 is 0.842 bits per heavy atom. The molecular weight excluding hydrogens is 257 g/mol. The molecule has 98 valence electrons. The van der Waals surface area contributed by atoms with Crippen LogP contribution < -0.4 is 0 Å². The first-order valence-corrected chi connectivity index (χ1v) is 5.33. The normalized spacial score (nSPS) is 11.9. The van der Waals surface area contributed by atoms with Crippen LogP contribution in [0.4, 0.5) is 24.5 Å². The van der Waals surface area contributed by atoms with Crippen molar-refractivity contribution in [3.63, 3.8) is 0 Å². The van der Waals surface area contributed by atoms with Gasteiger partial charge in [-0.15, -0.1) is 0 Å². The Balaban J connectivity index is 2.21. The van der Waals surface area contributed by atoms with E-state index in [2.05, 4.69) is 10.2 Å². The van der Waals surface area contributed by atoms with Gasteiger partial charge in [-0.25, -0.2) is 0 Å². The average Bonchev–Trinajstić information content (AvgIpc) is 2.37. The summed E-state index contributed by atoms with van der Waals surface area (Å²) in [6, 6.07) is 10.4. The number of azo groups is 1. The molecule has 0 spiro atoms. The highest BCUT2D eigenvalue weighted by atomic mass is 19.4. The Hall–Kier alpha value is -2.37. The van der Waals surface area contributed by atoms with Crippen LogP contribution in [0.15, 0.2) is 58.8 Å². The molecule has 0 fully saturated rings. The molecule has 0 aliphatic heterocycles. The summed E-state index contributed by atoms with van der Waals surface area (Å²) in [7, 11) is 0. The van der Waals surface area contributed by atoms with Crippen LogP contribution in [0, 0.1) is 0 Å². The van der Waals surface area contributed by atoms with Gasteiger partial charge >= 0.3 is 6.18 Å². The molecule has 2 aromatic rings. The lowest BCUT2D eigenvalue weighted by atomic mass is 10.2. The highest BCUT2D eigenvalue weighted by molar-refractivity contribution is 5.43. The predicted octanol–water partition coefficient (Wildman–Crippen LogP) is 4.83. The summed E-state index contributed by atoms with van der Waals surface area (Å²) in [5.74, 6) is 0.0815. The summed E-state index contributed by atoms with van der Waals surface area (Å²) >= 11 is 0. The zero-order chi connectivity index (χ0) is 13.9. The molecule has 6 heteroatoms. The van der Waals surface area contributed by atoms with E-state index >= 15 is 0 Å². The lowest BCUT2D eigenvalue weighted by Crippen LogP contribution is -2.03. The quantitative estimate of drug-likeness (QED) is 0.777. The van der Waals surface area contributed by atoms with Crippen molar-refractivity contribution in [2.75, 3.05) is 0 Å². The minimum atomic E-state index is -4.40. The van der Waals surface area contributed by atoms with Crippen LogP contribution in [0.25, 0.3) is 0 Å². The summed E-state index contributed by atoms with van der Waals surface area (Å²) in [6.45, 7) is 0. The first kappa shape index (κ1) is 13.1. The van der Waals surface area contributed by atoms with Crippen molar-refractivity contribution in [2.24, 2.45) is 10.2 Å². The molecule has 0 atom stereocenters. The van der Waals surface area contributed by atoms with E-state index in [-0.39, 0.29) is 11.4 Å². The number of benzene rings is 2. The molecule has 0 saturated carbocycles. The fourth-order valence-electron chi connectivity index (χ4n) is 1.38. The zero-order valence-electron chi connectivity index (χ0n) is 9.59. The summed E-state index contributed by atoms with van der Waals surface area (Å²) in [5, 5.41) is 16.6. The minimum Gasteiger partial charge on any atom is -0.508 e. The highest BCUT2D eigenvalue weighted by Gasteiger charge is 2.30. The van der Waals surface area contributed by atoms with Gasteiger partial charge in [0.2, 0.25) is 0 Å². The average molecular weight is 266 g/mol. The lowest BCUT2D eigenvalue weighted by Gasteiger charge is -2.05. The van der Waals surface area contributed by atoms with Crippen molar-refractivity contribution in [3.8, 4) is 5.75 Å². The molecule has 0 saturated heterocycles. The van der Waals surface area contributed by atoms with Crippen molar-refractivity contribution >= 4 is 11.4 Å². The monoisotopic (exact) mass is 266 g/mol. The third kappa shape index (κ3) is 3.54. The maximum absolute atomic E-state index is 12.5. The van der Waals surface area contributed by atoms with Crippen LogP contribution in [0.1, 0.15) is 5.56 Å². The van der Waals surface area contributed by atoms with Crippen LogP contribution in [-0.4, -0.2) is 5.11 Å². The summed E-state index contributed by atoms with van der Waals surface area (Å²) in [5.41, 5.74) is -0.215. The molecule has 2 aromatic carbocycles. The predicted molar refractivity (Wildman–Crippen MR) is 63.7 cm³/mol. The second-order valence-corrected chi connectivity index (χ2v) is 3.76. The first-order valence-electron chi connectivity index (χ1n) is 5.33. The van der Waals surface area contributed by atoms with E-state index in [0.29, 0.717) is 5.69 Å². The Labute approximate surface area is 107 Å². The van der Waals surface area contributed by atoms with E-state index in [9.17, 15) is 13.2 Å². The molecule has 19 heavy (non-hydrogen) atoms. The molecule has 3 nitrogen and oxygen atoms in total. The summed E-state index contributed by atoms with van der Waals surface area (Å²) in [6.07, 6.45) is -4.40. The number of aromatic hydroxyl groups is 1. The molecule has 0 heterocycles. The minimum absolute atomic E-state index is 0.0815. The van der Waals surface area contributed by atoms with Crippen LogP contribution in [-0.2, 0) is 6.18 Å². The van der Waals surface area contributed by atoms with Gasteiger partial charge in [0.15, 0.2) is 0 Å². The van der Waals surface area contributed by atoms with Gasteiger partial charge in [-0.1, -0.05) is 6.07 Å². The second-order valence-electron chi connectivity index (χ2n) is 3.76. The number of hydrogen-bond donors (Lipinski definition) is 1. The number of phenols is 1. The number of alkyl halides is 3. The molecule has 0 amide bonds. The van der Waals surface area contributed by atoms with Crippen molar-refractivity contribution in [3.05, 3.63) is 54.1 Å². The standard InChI is InChI=1S/C13H9F3N2O/c14-13(15,16)9-2-1-3-11(8-9)18-17-10-4-6-12(19)7-5-10/h1-8,19H/b18-17+. The van der Waals surface area contributed by atoms with Gasteiger partial charge in [0.05, 0.1) is 16.9 Å². The van der Waals surface area contributed by atoms with Crippen LogP contribution in [0.5, 0.6) is 5.75 Å². The molecule has 1 N–H and O–H groups in total. The third-order valence-corrected chi connectivity index (χ3v) is 2.30. The largest absolute Gasteiger partial charge is 0.508 e. The van der Waals surface area contributed by atoms with Crippen molar-refractivity contribution in [1.82, 2.24) is 0 Å². The van der Waals surface area contributed by atoms with Gasteiger partial charge in [0.25, 0.3) is 0 Å². The molecule has 2 rings (SSSR count). The highest BCUT2D eigenvalue weighted by Crippen LogP contribution is 2.31. The second kappa shape index (κ2) is 5.09. The number of hydrogen-bond acceptors (Lipinski definition) is 3. The van der Waals surface area contributed by atoms with E-state index in [1.807, 2.05) is 0 Å². The summed E-state index contributed by atoms with van der Waals surface area (Å²) in [4.78, 5) is 0. The molecular formula is C13H9F3N2O. The van der Waals surface area contributed by atoms with Crippen LogP contribution in [0.3, 0.4) is 0 Å². The lowest BCUT2D eigenvalue weighted by molar-refractivity contribution is -0.137. The Morgan fingerprint density at radius 2 is 1.47 bits per heavy atom. The van der Waals surface area contributed by atoms with E-state index in [1.165, 1.54) is 36.4 Å². The van der Waals surface area contributed by atoms with E-state index in [4.69, 9.17) is 5.11 Å². The van der Waals surface area contributed by atoms with Gasteiger partial charge in [0, 0.05) is 0 Å². The van der Waals surface area contributed by atoms with Crippen LogP contribution >= 0.6 is 0 Å². The Bertz CT molecular complexity index is 592. The van der Waals surface area contributed by atoms with Crippen LogP contribution in [0.2, 0.25) is 0 Å². The van der Waals surface area contributed by atoms with E-state index in [1.54, 1.807) is 0 Å². The maximum Gasteiger partial charge on any atom is 0.416 e. The fourth-order valence-corrected chi connectivity index (χ4v) is 1.38. The van der Waals surface area contributed by atoms with Crippen molar-refractivity contribution in [2.45, 2.75) is 6.18 Å². The van der Waals surface area contributed by atoms with E-state index in [0.717, 1.165) is 12.1 Å². The van der Waals surface area contributed by atoms with Gasteiger partial charge in [0.1, 0.15) is 5.75 Å². The van der Waals surface area contributed by atoms with Crippen molar-refractivity contribution < 1.29 is 18.3 Å². The maximum atomic E-state index is 12.5. The van der Waals surface area contributed by atoms with Gasteiger partial charge < -0.3 is 5.11 Å². The summed E-state index contributed by atoms with van der Waals surface area (Å²) < 4.78 is 37.4. The topological polar surface area (TPSA) is 45.0 Å². The Morgan fingerprint density at radius 3 is 2.11 bits per heavy atom. The number of halogens is 3. The fraction of sp³-hybridized carbons (Fsp3) is 0.0769. The van der Waals surface area contributed by atoms with Gasteiger partial charge in [-0.3, -0.25) is 0 Å². The van der Waals surface area contributed by atoms with Gasteiger partial charge in [-0.2, -0.15) is 23.4 Å². The molecule has 0 aliphatic rings. The molecule has 0 radical (unpaired) electrons. The number of rotatable bonds is 2. The third-order valence-electron chi connectivity index (χ3n) is 2.30. The van der Waals surface area contributed by atoms with Crippen molar-refractivity contribution in [1.29, 1.82) is 0 Å². The number of nitrogens with zero attached hydrogens (tertiary/aromatic N) is 2. The number of phenolic OH excluding ortho intramolecular Hbond substituents is 1. The molecule has 0 aliphatic carbocycles. The molecule has 0 bridgehead atoms. The Kier molecular flexibility index (Phi) is 3.50. The van der Waals surface area contributed by atoms with E-state index < -0.39 is 11.7 Å². The SMILES string of the molecule is Oc1ccc(/N=N/c2cccc(C(F)(F)F)c2)cc1. The zero-order valence-corrected chi connectivity index (χ0v) is 9.59. The molecule has 0 aromatic heterocycles. The first-order chi connectivity index (χ1) is 8.95.